The van der Waals surface area contributed by atoms with Crippen LogP contribution in [0.4, 0.5) is 4.79 Å². The van der Waals surface area contributed by atoms with E-state index in [9.17, 15) is 4.79 Å². The van der Waals surface area contributed by atoms with Crippen molar-refractivity contribution in [1.29, 1.82) is 0 Å². The summed E-state index contributed by atoms with van der Waals surface area (Å²) in [6, 6.07) is 0. The number of rotatable bonds is 7. The highest BCUT2D eigenvalue weighted by Gasteiger charge is 2.15. The van der Waals surface area contributed by atoms with Crippen LogP contribution in [-0.2, 0) is 4.74 Å². The molecule has 0 heterocycles. The lowest BCUT2D eigenvalue weighted by Crippen LogP contribution is -2.32. The molecule has 0 bridgehead atoms. The molecule has 0 aromatic rings. The van der Waals surface area contributed by atoms with E-state index in [1.54, 1.807) is 0 Å². The van der Waals surface area contributed by atoms with E-state index < -0.39 is 5.60 Å². The number of carbonyl (C=O) groups excluding carboxylic acids is 1. The zero-order valence-corrected chi connectivity index (χ0v) is 11.7. The first kappa shape index (κ1) is 16.0. The van der Waals surface area contributed by atoms with Crippen molar-refractivity contribution in [2.45, 2.75) is 65.4 Å². The number of carbonyl (C=O) groups is 1. The fourth-order valence-corrected chi connectivity index (χ4v) is 1.35. The summed E-state index contributed by atoms with van der Waals surface area (Å²) < 4.78 is 5.14. The van der Waals surface area contributed by atoms with Crippen molar-refractivity contribution in [1.82, 2.24) is 5.32 Å². The van der Waals surface area contributed by atoms with Crippen LogP contribution in [0.1, 0.15) is 59.8 Å². The molecule has 0 aromatic carbocycles. The van der Waals surface area contributed by atoms with E-state index in [0.717, 1.165) is 25.7 Å². The third kappa shape index (κ3) is 12.9. The number of hydrogen-bond acceptors (Lipinski definition) is 2. The molecule has 0 saturated carbocycles. The van der Waals surface area contributed by atoms with Crippen LogP contribution in [0.3, 0.4) is 0 Å². The quantitative estimate of drug-likeness (QED) is 0.539. The minimum Gasteiger partial charge on any atom is -0.444 e. The molecule has 1 N–H and O–H groups in total. The van der Waals surface area contributed by atoms with Crippen molar-refractivity contribution in [3.05, 3.63) is 12.2 Å². The number of ether oxygens (including phenoxy) is 1. The van der Waals surface area contributed by atoms with E-state index in [1.165, 1.54) is 6.42 Å². The minimum atomic E-state index is -0.408. The Morgan fingerprint density at radius 1 is 1.18 bits per heavy atom. The van der Waals surface area contributed by atoms with Crippen LogP contribution >= 0.6 is 0 Å². The molecule has 0 saturated heterocycles. The number of amides is 1. The van der Waals surface area contributed by atoms with Crippen molar-refractivity contribution in [3.8, 4) is 0 Å². The Kier molecular flexibility index (Phi) is 8.55. The fraction of sp³-hybridized carbons (Fsp3) is 0.786. The van der Waals surface area contributed by atoms with Crippen molar-refractivity contribution >= 4 is 6.09 Å². The molecule has 0 aromatic heterocycles. The second-order valence-corrected chi connectivity index (χ2v) is 5.16. The maximum absolute atomic E-state index is 11.3. The fourth-order valence-electron chi connectivity index (χ4n) is 1.35. The third-order valence-corrected chi connectivity index (χ3v) is 2.12. The molecule has 0 atom stereocenters. The van der Waals surface area contributed by atoms with Gasteiger partial charge in [-0.2, -0.15) is 0 Å². The van der Waals surface area contributed by atoms with Gasteiger partial charge in [0.1, 0.15) is 5.60 Å². The average Bonchev–Trinajstić information content (AvgIpc) is 2.19. The second kappa shape index (κ2) is 9.08. The smallest absolute Gasteiger partial charge is 0.407 e. The predicted octanol–water partition coefficient (Wildman–Crippen LogP) is 4.04. The van der Waals surface area contributed by atoms with Gasteiger partial charge < -0.3 is 10.1 Å². The zero-order chi connectivity index (χ0) is 13.1. The molecule has 0 aliphatic carbocycles. The lowest BCUT2D eigenvalue weighted by molar-refractivity contribution is 0.0527. The van der Waals surface area contributed by atoms with Gasteiger partial charge >= 0.3 is 6.09 Å². The molecule has 0 unspecified atom stereocenters. The molecule has 0 fully saturated rings. The molecule has 0 aliphatic heterocycles. The first-order valence-electron chi connectivity index (χ1n) is 6.57. The summed E-state index contributed by atoms with van der Waals surface area (Å²) in [6.07, 6.45) is 9.69. The SMILES string of the molecule is CC/C=C/CCCCCNC(=O)OC(C)(C)C. The van der Waals surface area contributed by atoms with Gasteiger partial charge in [-0.15, -0.1) is 0 Å². The van der Waals surface area contributed by atoms with Gasteiger partial charge in [-0.25, -0.2) is 4.79 Å². The Morgan fingerprint density at radius 2 is 1.88 bits per heavy atom. The van der Waals surface area contributed by atoms with Crippen molar-refractivity contribution in [3.63, 3.8) is 0 Å². The van der Waals surface area contributed by atoms with Gasteiger partial charge in [0.25, 0.3) is 0 Å². The average molecular weight is 241 g/mol. The summed E-state index contributed by atoms with van der Waals surface area (Å²) in [4.78, 5) is 11.3. The van der Waals surface area contributed by atoms with Crippen LogP contribution in [0.15, 0.2) is 12.2 Å². The van der Waals surface area contributed by atoms with Crippen molar-refractivity contribution in [2.75, 3.05) is 6.54 Å². The Bertz CT molecular complexity index is 229. The number of unbranched alkanes of at least 4 members (excludes halogenated alkanes) is 3. The van der Waals surface area contributed by atoms with E-state index in [2.05, 4.69) is 24.4 Å². The van der Waals surface area contributed by atoms with Gasteiger partial charge in [0.15, 0.2) is 0 Å². The monoisotopic (exact) mass is 241 g/mol. The molecule has 3 nitrogen and oxygen atoms in total. The Morgan fingerprint density at radius 3 is 2.47 bits per heavy atom. The van der Waals surface area contributed by atoms with Crippen LogP contribution in [0, 0.1) is 0 Å². The molecule has 1 amide bonds. The number of nitrogens with one attached hydrogen (secondary N) is 1. The normalized spacial score (nSPS) is 11.8. The van der Waals surface area contributed by atoms with Crippen LogP contribution in [0.5, 0.6) is 0 Å². The first-order chi connectivity index (χ1) is 7.95. The van der Waals surface area contributed by atoms with E-state index in [-0.39, 0.29) is 6.09 Å². The zero-order valence-electron chi connectivity index (χ0n) is 11.7. The molecule has 17 heavy (non-hydrogen) atoms. The second-order valence-electron chi connectivity index (χ2n) is 5.16. The van der Waals surface area contributed by atoms with Gasteiger partial charge in [-0.05, 0) is 46.5 Å². The summed E-state index contributed by atoms with van der Waals surface area (Å²) in [5.74, 6) is 0. The summed E-state index contributed by atoms with van der Waals surface area (Å²) in [6.45, 7) is 8.44. The molecule has 0 radical (unpaired) electrons. The molecule has 0 rings (SSSR count). The van der Waals surface area contributed by atoms with Gasteiger partial charge in [-0.3, -0.25) is 0 Å². The van der Waals surface area contributed by atoms with Crippen LogP contribution in [-0.4, -0.2) is 18.2 Å². The number of hydrogen-bond donors (Lipinski definition) is 1. The lowest BCUT2D eigenvalue weighted by atomic mass is 10.2. The summed E-state index contributed by atoms with van der Waals surface area (Å²) in [5, 5.41) is 2.76. The highest BCUT2D eigenvalue weighted by Crippen LogP contribution is 2.06. The molecule has 0 aliphatic rings. The highest BCUT2D eigenvalue weighted by atomic mass is 16.6. The van der Waals surface area contributed by atoms with E-state index in [0.29, 0.717) is 6.54 Å². The number of allylic oxidation sites excluding steroid dienone is 2. The topological polar surface area (TPSA) is 38.3 Å². The van der Waals surface area contributed by atoms with E-state index in [1.807, 2.05) is 20.8 Å². The Hall–Kier alpha value is -0.990. The number of alkyl carbamates (subject to hydrolysis) is 1. The van der Waals surface area contributed by atoms with Gasteiger partial charge in [0.2, 0.25) is 0 Å². The lowest BCUT2D eigenvalue weighted by Gasteiger charge is -2.19. The highest BCUT2D eigenvalue weighted by molar-refractivity contribution is 5.67. The minimum absolute atomic E-state index is 0.316. The molecule has 3 heteroatoms. The van der Waals surface area contributed by atoms with Gasteiger partial charge in [0, 0.05) is 6.54 Å². The van der Waals surface area contributed by atoms with Gasteiger partial charge in [0.05, 0.1) is 0 Å². The van der Waals surface area contributed by atoms with E-state index >= 15 is 0 Å². The molecular formula is C14H27NO2. The Labute approximate surface area is 106 Å². The predicted molar refractivity (Wildman–Crippen MR) is 72.1 cm³/mol. The summed E-state index contributed by atoms with van der Waals surface area (Å²) >= 11 is 0. The van der Waals surface area contributed by atoms with Crippen LogP contribution in [0.25, 0.3) is 0 Å². The Balaban J connectivity index is 3.34. The standard InChI is InChI=1S/C14H27NO2/c1-5-6-7-8-9-10-11-12-15-13(16)17-14(2,3)4/h6-7H,5,8-12H2,1-4H3,(H,15,16)/b7-6+. The molecular weight excluding hydrogens is 214 g/mol. The molecule has 0 spiro atoms. The first-order valence-corrected chi connectivity index (χ1v) is 6.57. The maximum Gasteiger partial charge on any atom is 0.407 e. The van der Waals surface area contributed by atoms with Crippen LogP contribution in [0.2, 0.25) is 0 Å². The van der Waals surface area contributed by atoms with E-state index in [4.69, 9.17) is 4.74 Å². The van der Waals surface area contributed by atoms with Crippen molar-refractivity contribution in [2.24, 2.45) is 0 Å². The molecule has 100 valence electrons. The summed E-state index contributed by atoms with van der Waals surface area (Å²) in [7, 11) is 0. The third-order valence-electron chi connectivity index (χ3n) is 2.12. The summed E-state index contributed by atoms with van der Waals surface area (Å²) in [5.41, 5.74) is -0.408. The largest absolute Gasteiger partial charge is 0.444 e. The van der Waals surface area contributed by atoms with Crippen LogP contribution < -0.4 is 5.32 Å². The maximum atomic E-state index is 11.3. The van der Waals surface area contributed by atoms with Crippen molar-refractivity contribution < 1.29 is 9.53 Å². The van der Waals surface area contributed by atoms with Gasteiger partial charge in [-0.1, -0.05) is 25.5 Å².